The second-order valence-corrected chi connectivity index (χ2v) is 5.25. The molecule has 2 aromatic rings. The molecule has 3 atom stereocenters. The Morgan fingerprint density at radius 1 is 1.60 bits per heavy atom. The summed E-state index contributed by atoms with van der Waals surface area (Å²) in [7, 11) is 0. The highest BCUT2D eigenvalue weighted by Gasteiger charge is 2.36. The van der Waals surface area contributed by atoms with Crippen molar-refractivity contribution in [1.29, 1.82) is 0 Å². The summed E-state index contributed by atoms with van der Waals surface area (Å²) in [5.41, 5.74) is 5.37. The zero-order valence-electron chi connectivity index (χ0n) is 10.2. The molecule has 2 aromatic heterocycles. The molecule has 0 aliphatic carbocycles. The van der Waals surface area contributed by atoms with E-state index in [0.717, 1.165) is 0 Å². The molecule has 1 unspecified atom stereocenters. The SMILES string of the molecule is Nc1nc2c(c(Br)nn2[C@H]2CC(O)[C@@H](CO)O2)c(=O)[nH]1. The van der Waals surface area contributed by atoms with Crippen molar-refractivity contribution in [2.45, 2.75) is 24.9 Å². The number of aromatic amines is 1. The summed E-state index contributed by atoms with van der Waals surface area (Å²) in [5.74, 6) is -0.0339. The maximum absolute atomic E-state index is 11.8. The van der Waals surface area contributed by atoms with Gasteiger partial charge in [-0.15, -0.1) is 0 Å². The van der Waals surface area contributed by atoms with E-state index in [4.69, 9.17) is 15.6 Å². The Labute approximate surface area is 120 Å². The molecule has 0 spiro atoms. The Hall–Kier alpha value is -1.49. The van der Waals surface area contributed by atoms with Crippen LogP contribution in [0.15, 0.2) is 9.40 Å². The number of H-pyrrole nitrogens is 1. The molecular weight excluding hydrogens is 334 g/mol. The van der Waals surface area contributed by atoms with Crippen molar-refractivity contribution in [2.24, 2.45) is 0 Å². The third-order valence-corrected chi connectivity index (χ3v) is 3.75. The number of rotatable bonds is 2. The van der Waals surface area contributed by atoms with Gasteiger partial charge in [0.2, 0.25) is 5.95 Å². The van der Waals surface area contributed by atoms with Gasteiger partial charge in [-0.2, -0.15) is 10.1 Å². The van der Waals surface area contributed by atoms with Crippen LogP contribution in [0, 0.1) is 0 Å². The van der Waals surface area contributed by atoms with E-state index < -0.39 is 24.0 Å². The molecule has 10 heteroatoms. The highest BCUT2D eigenvalue weighted by molar-refractivity contribution is 9.10. The van der Waals surface area contributed by atoms with E-state index in [0.29, 0.717) is 4.60 Å². The largest absolute Gasteiger partial charge is 0.394 e. The molecule has 0 radical (unpaired) electrons. The standard InChI is InChI=1S/C10H12BrN5O4/c11-7-6-8(13-10(12)14-9(6)19)16(15-7)5-1-3(18)4(2-17)20-5/h3-5,17-18H,1-2H2,(H3,12,13,14,19)/t3?,4-,5-/m1/s1. The summed E-state index contributed by atoms with van der Waals surface area (Å²) in [5, 5.41) is 23.3. The molecule has 0 amide bonds. The lowest BCUT2D eigenvalue weighted by molar-refractivity contribution is -0.0471. The molecule has 3 rings (SSSR count). The van der Waals surface area contributed by atoms with Crippen LogP contribution in [0.25, 0.3) is 11.0 Å². The predicted molar refractivity (Wildman–Crippen MR) is 71.9 cm³/mol. The van der Waals surface area contributed by atoms with Crippen molar-refractivity contribution in [3.8, 4) is 0 Å². The molecule has 0 bridgehead atoms. The number of hydrogen-bond donors (Lipinski definition) is 4. The van der Waals surface area contributed by atoms with Crippen LogP contribution in [0.3, 0.4) is 0 Å². The van der Waals surface area contributed by atoms with Crippen molar-refractivity contribution >= 4 is 32.9 Å². The number of nitrogen functional groups attached to an aromatic ring is 1. The van der Waals surface area contributed by atoms with Gasteiger partial charge in [0.25, 0.3) is 5.56 Å². The van der Waals surface area contributed by atoms with Gasteiger partial charge in [0.15, 0.2) is 11.9 Å². The average Bonchev–Trinajstić information content (AvgIpc) is 2.90. The average molecular weight is 346 g/mol. The van der Waals surface area contributed by atoms with Gasteiger partial charge < -0.3 is 20.7 Å². The summed E-state index contributed by atoms with van der Waals surface area (Å²) >= 11 is 3.19. The van der Waals surface area contributed by atoms with Crippen molar-refractivity contribution in [3.63, 3.8) is 0 Å². The fourth-order valence-electron chi connectivity index (χ4n) is 2.25. The fraction of sp³-hybridized carbons (Fsp3) is 0.500. The number of nitrogens with one attached hydrogen (secondary N) is 1. The summed E-state index contributed by atoms with van der Waals surface area (Å²) in [6.45, 7) is -0.297. The number of hydrogen-bond acceptors (Lipinski definition) is 7. The van der Waals surface area contributed by atoms with E-state index in [9.17, 15) is 9.90 Å². The molecule has 1 aliphatic rings. The summed E-state index contributed by atoms with van der Waals surface area (Å²) < 4.78 is 7.19. The number of fused-ring (bicyclic) bond motifs is 1. The van der Waals surface area contributed by atoms with Gasteiger partial charge in [-0.05, 0) is 15.9 Å². The molecule has 1 saturated heterocycles. The van der Waals surface area contributed by atoms with E-state index in [1.807, 2.05) is 0 Å². The maximum atomic E-state index is 11.8. The molecule has 20 heavy (non-hydrogen) atoms. The zero-order chi connectivity index (χ0) is 14.4. The number of aliphatic hydroxyl groups is 2. The number of aliphatic hydroxyl groups excluding tert-OH is 2. The van der Waals surface area contributed by atoms with Crippen LogP contribution in [0.4, 0.5) is 5.95 Å². The Morgan fingerprint density at radius 2 is 2.35 bits per heavy atom. The van der Waals surface area contributed by atoms with Crippen molar-refractivity contribution < 1.29 is 14.9 Å². The van der Waals surface area contributed by atoms with Gasteiger partial charge in [-0.25, -0.2) is 4.68 Å². The lowest BCUT2D eigenvalue weighted by Gasteiger charge is -2.12. The highest BCUT2D eigenvalue weighted by Crippen LogP contribution is 2.31. The molecule has 0 saturated carbocycles. The lowest BCUT2D eigenvalue weighted by Crippen LogP contribution is -2.24. The van der Waals surface area contributed by atoms with E-state index in [-0.39, 0.29) is 30.0 Å². The van der Waals surface area contributed by atoms with Crippen LogP contribution in [-0.4, -0.2) is 48.8 Å². The summed E-state index contributed by atoms with van der Waals surface area (Å²) in [6.07, 6.45) is -1.87. The van der Waals surface area contributed by atoms with Crippen LogP contribution in [0.1, 0.15) is 12.6 Å². The van der Waals surface area contributed by atoms with Crippen LogP contribution in [0.5, 0.6) is 0 Å². The second kappa shape index (κ2) is 4.81. The number of nitrogens with two attached hydrogens (primary N) is 1. The quantitative estimate of drug-likeness (QED) is 0.553. The minimum atomic E-state index is -0.803. The van der Waals surface area contributed by atoms with Crippen LogP contribution in [0.2, 0.25) is 0 Å². The number of nitrogens with zero attached hydrogens (tertiary/aromatic N) is 3. The molecular formula is C10H12BrN5O4. The molecule has 0 aromatic carbocycles. The van der Waals surface area contributed by atoms with Crippen molar-refractivity contribution in [1.82, 2.24) is 19.7 Å². The first-order chi connectivity index (χ1) is 9.51. The minimum Gasteiger partial charge on any atom is -0.394 e. The van der Waals surface area contributed by atoms with Gasteiger partial charge in [-0.3, -0.25) is 9.78 Å². The zero-order valence-corrected chi connectivity index (χ0v) is 11.7. The van der Waals surface area contributed by atoms with Gasteiger partial charge in [0.05, 0.1) is 12.7 Å². The van der Waals surface area contributed by atoms with Gasteiger partial charge in [-0.1, -0.05) is 0 Å². The van der Waals surface area contributed by atoms with Crippen LogP contribution in [-0.2, 0) is 4.74 Å². The van der Waals surface area contributed by atoms with Crippen molar-refractivity contribution in [2.75, 3.05) is 12.3 Å². The Kier molecular flexibility index (Phi) is 3.24. The molecule has 9 nitrogen and oxygen atoms in total. The third-order valence-electron chi connectivity index (χ3n) is 3.19. The third kappa shape index (κ3) is 2.00. The van der Waals surface area contributed by atoms with E-state index in [2.05, 4.69) is 31.0 Å². The molecule has 1 aliphatic heterocycles. The minimum absolute atomic E-state index is 0.0339. The normalized spacial score (nSPS) is 26.4. The first-order valence-corrected chi connectivity index (χ1v) is 6.68. The second-order valence-electron chi connectivity index (χ2n) is 4.50. The number of anilines is 1. The van der Waals surface area contributed by atoms with Gasteiger partial charge >= 0.3 is 0 Å². The fourth-order valence-corrected chi connectivity index (χ4v) is 2.78. The molecule has 5 N–H and O–H groups in total. The highest BCUT2D eigenvalue weighted by atomic mass is 79.9. The number of aromatic nitrogens is 4. The Morgan fingerprint density at radius 3 is 3.00 bits per heavy atom. The molecule has 108 valence electrons. The number of halogens is 1. The van der Waals surface area contributed by atoms with Gasteiger partial charge in [0, 0.05) is 6.42 Å². The van der Waals surface area contributed by atoms with Crippen LogP contribution < -0.4 is 11.3 Å². The van der Waals surface area contributed by atoms with Crippen LogP contribution >= 0.6 is 15.9 Å². The topological polar surface area (TPSA) is 139 Å². The van der Waals surface area contributed by atoms with Crippen molar-refractivity contribution in [3.05, 3.63) is 15.0 Å². The number of ether oxygens (including phenoxy) is 1. The first kappa shape index (κ1) is 13.5. The Bertz CT molecular complexity index is 713. The molecule has 3 heterocycles. The lowest BCUT2D eigenvalue weighted by atomic mass is 10.2. The maximum Gasteiger partial charge on any atom is 0.264 e. The summed E-state index contributed by atoms with van der Waals surface area (Å²) in [4.78, 5) is 18.3. The Balaban J connectivity index is 2.11. The smallest absolute Gasteiger partial charge is 0.264 e. The van der Waals surface area contributed by atoms with E-state index in [1.165, 1.54) is 4.68 Å². The monoisotopic (exact) mass is 345 g/mol. The van der Waals surface area contributed by atoms with E-state index >= 15 is 0 Å². The van der Waals surface area contributed by atoms with E-state index in [1.54, 1.807) is 0 Å². The van der Waals surface area contributed by atoms with Gasteiger partial charge in [0.1, 0.15) is 16.1 Å². The summed E-state index contributed by atoms with van der Waals surface area (Å²) in [6, 6.07) is 0. The first-order valence-electron chi connectivity index (χ1n) is 5.89. The molecule has 1 fully saturated rings. The predicted octanol–water partition coefficient (Wildman–Crippen LogP) is -0.895.